The summed E-state index contributed by atoms with van der Waals surface area (Å²) in [7, 11) is -1.23. The third kappa shape index (κ3) is 3.14. The molecule has 6 heteroatoms. The number of methoxy groups -OCH3 is 1. The van der Waals surface area contributed by atoms with Crippen molar-refractivity contribution in [2.24, 2.45) is 0 Å². The average molecular weight is 270 g/mol. The molecule has 1 aromatic carbocycles. The van der Waals surface area contributed by atoms with Crippen molar-refractivity contribution in [3.63, 3.8) is 0 Å². The molecule has 0 aromatic heterocycles. The molecule has 0 amide bonds. The first-order valence-electron chi connectivity index (χ1n) is 5.85. The number of nitrogen functional groups attached to an aromatic ring is 1. The minimum absolute atomic E-state index is 0.249. The maximum atomic E-state index is 11.3. The second-order valence-electron chi connectivity index (χ2n) is 4.50. The summed E-state index contributed by atoms with van der Waals surface area (Å²) in [5.74, 6) is 1.16. The molecule has 100 valence electrons. The summed E-state index contributed by atoms with van der Waals surface area (Å²) in [6.07, 6.45) is 0. The predicted molar refractivity (Wildman–Crippen MR) is 71.3 cm³/mol. The van der Waals surface area contributed by atoms with E-state index >= 15 is 0 Å². The zero-order valence-corrected chi connectivity index (χ0v) is 11.2. The van der Waals surface area contributed by atoms with Crippen molar-refractivity contribution >= 4 is 15.5 Å². The van der Waals surface area contributed by atoms with Gasteiger partial charge in [0.2, 0.25) is 0 Å². The summed E-state index contributed by atoms with van der Waals surface area (Å²) >= 11 is 0. The van der Waals surface area contributed by atoms with Crippen molar-refractivity contribution in [1.82, 2.24) is 4.90 Å². The first kappa shape index (κ1) is 13.2. The van der Waals surface area contributed by atoms with E-state index in [1.54, 1.807) is 7.11 Å². The average Bonchev–Trinajstić information content (AvgIpc) is 2.32. The lowest BCUT2D eigenvalue weighted by atomic mass is 10.1. The van der Waals surface area contributed by atoms with E-state index in [4.69, 9.17) is 10.5 Å². The summed E-state index contributed by atoms with van der Waals surface area (Å²) < 4.78 is 27.7. The van der Waals surface area contributed by atoms with Gasteiger partial charge in [0.25, 0.3) is 0 Å². The van der Waals surface area contributed by atoms with Crippen LogP contribution in [0.2, 0.25) is 0 Å². The molecule has 18 heavy (non-hydrogen) atoms. The number of hydrogen-bond acceptors (Lipinski definition) is 5. The molecule has 1 aliphatic rings. The maximum Gasteiger partial charge on any atom is 0.152 e. The Balaban J connectivity index is 2.00. The summed E-state index contributed by atoms with van der Waals surface area (Å²) in [4.78, 5) is 2.13. The molecule has 2 N–H and O–H groups in total. The van der Waals surface area contributed by atoms with Gasteiger partial charge in [0, 0.05) is 19.6 Å². The first-order chi connectivity index (χ1) is 8.50. The van der Waals surface area contributed by atoms with Gasteiger partial charge in [-0.25, -0.2) is 8.42 Å². The fourth-order valence-corrected chi connectivity index (χ4v) is 3.33. The molecule has 0 radical (unpaired) electrons. The first-order valence-corrected chi connectivity index (χ1v) is 7.67. The number of nitrogens with zero attached hydrogens (tertiary/aromatic N) is 1. The number of rotatable bonds is 3. The van der Waals surface area contributed by atoms with Crippen molar-refractivity contribution in [3.8, 4) is 5.75 Å². The molecule has 5 nitrogen and oxygen atoms in total. The van der Waals surface area contributed by atoms with E-state index in [1.807, 2.05) is 18.2 Å². The summed E-state index contributed by atoms with van der Waals surface area (Å²) in [6.45, 7) is 1.91. The number of benzene rings is 1. The molecule has 0 bridgehead atoms. The highest BCUT2D eigenvalue weighted by Crippen LogP contribution is 2.22. The maximum absolute atomic E-state index is 11.3. The van der Waals surface area contributed by atoms with Crippen LogP contribution in [0, 0.1) is 0 Å². The minimum Gasteiger partial charge on any atom is -0.495 e. The van der Waals surface area contributed by atoms with E-state index in [1.165, 1.54) is 0 Å². The lowest BCUT2D eigenvalue weighted by Crippen LogP contribution is -2.39. The molecule has 0 aliphatic carbocycles. The summed E-state index contributed by atoms with van der Waals surface area (Å²) in [6, 6.07) is 5.67. The standard InChI is InChI=1S/C12H18N2O3S/c1-17-12-3-2-10(8-11(12)13)9-14-4-6-18(15,16)7-5-14/h2-3,8H,4-7,9,13H2,1H3. The van der Waals surface area contributed by atoms with Crippen LogP contribution in [0.4, 0.5) is 5.69 Å². The number of anilines is 1. The van der Waals surface area contributed by atoms with E-state index in [-0.39, 0.29) is 11.5 Å². The molecule has 0 unspecified atom stereocenters. The highest BCUT2D eigenvalue weighted by atomic mass is 32.2. The zero-order chi connectivity index (χ0) is 13.2. The molecule has 1 heterocycles. The van der Waals surface area contributed by atoms with Crippen molar-refractivity contribution in [3.05, 3.63) is 23.8 Å². The number of nitrogens with two attached hydrogens (primary N) is 1. The van der Waals surface area contributed by atoms with Crippen LogP contribution in [0.15, 0.2) is 18.2 Å². The summed E-state index contributed by atoms with van der Waals surface area (Å²) in [5, 5.41) is 0. The minimum atomic E-state index is -2.81. The van der Waals surface area contributed by atoms with Gasteiger partial charge >= 0.3 is 0 Å². The van der Waals surface area contributed by atoms with Crippen molar-refractivity contribution < 1.29 is 13.2 Å². The highest BCUT2D eigenvalue weighted by Gasteiger charge is 2.21. The quantitative estimate of drug-likeness (QED) is 0.810. The van der Waals surface area contributed by atoms with Crippen LogP contribution in [0.5, 0.6) is 5.75 Å². The third-order valence-corrected chi connectivity index (χ3v) is 4.75. The van der Waals surface area contributed by atoms with Crippen molar-refractivity contribution in [2.45, 2.75) is 6.54 Å². The van der Waals surface area contributed by atoms with Gasteiger partial charge in [-0.05, 0) is 17.7 Å². The van der Waals surface area contributed by atoms with E-state index < -0.39 is 9.84 Å². The van der Waals surface area contributed by atoms with Gasteiger partial charge in [-0.1, -0.05) is 6.07 Å². The van der Waals surface area contributed by atoms with E-state index in [9.17, 15) is 8.42 Å². The van der Waals surface area contributed by atoms with E-state index in [2.05, 4.69) is 4.90 Å². The second-order valence-corrected chi connectivity index (χ2v) is 6.81. The molecule has 0 saturated carbocycles. The molecule has 1 fully saturated rings. The molecular weight excluding hydrogens is 252 g/mol. The lowest BCUT2D eigenvalue weighted by molar-refractivity contribution is 0.287. The molecule has 0 atom stereocenters. The lowest BCUT2D eigenvalue weighted by Gasteiger charge is -2.26. The van der Waals surface area contributed by atoms with Crippen LogP contribution in [-0.2, 0) is 16.4 Å². The van der Waals surface area contributed by atoms with Crippen LogP contribution in [0.1, 0.15) is 5.56 Å². The van der Waals surface area contributed by atoms with Crippen LogP contribution in [-0.4, -0.2) is 45.0 Å². The fourth-order valence-electron chi connectivity index (χ4n) is 2.05. The fraction of sp³-hybridized carbons (Fsp3) is 0.500. The topological polar surface area (TPSA) is 72.6 Å². The Morgan fingerprint density at radius 1 is 1.33 bits per heavy atom. The van der Waals surface area contributed by atoms with Gasteiger partial charge in [0.05, 0.1) is 24.3 Å². The number of hydrogen-bond donors (Lipinski definition) is 1. The Morgan fingerprint density at radius 2 is 2.00 bits per heavy atom. The molecule has 1 aromatic rings. The van der Waals surface area contributed by atoms with Crippen LogP contribution >= 0.6 is 0 Å². The largest absolute Gasteiger partial charge is 0.495 e. The third-order valence-electron chi connectivity index (χ3n) is 3.14. The smallest absolute Gasteiger partial charge is 0.152 e. The number of ether oxygens (including phenoxy) is 1. The highest BCUT2D eigenvalue weighted by molar-refractivity contribution is 7.91. The van der Waals surface area contributed by atoms with E-state index in [0.717, 1.165) is 12.1 Å². The van der Waals surface area contributed by atoms with Crippen molar-refractivity contribution in [2.75, 3.05) is 37.4 Å². The monoisotopic (exact) mass is 270 g/mol. The Hall–Kier alpha value is -1.27. The van der Waals surface area contributed by atoms with E-state index in [0.29, 0.717) is 24.5 Å². The SMILES string of the molecule is COc1ccc(CN2CCS(=O)(=O)CC2)cc1N. The summed E-state index contributed by atoms with van der Waals surface area (Å²) in [5.41, 5.74) is 7.53. The van der Waals surface area contributed by atoms with Gasteiger partial charge in [0.1, 0.15) is 5.75 Å². The molecule has 1 aliphatic heterocycles. The van der Waals surface area contributed by atoms with Gasteiger partial charge < -0.3 is 10.5 Å². The number of sulfone groups is 1. The Labute approximate surface area is 107 Å². The zero-order valence-electron chi connectivity index (χ0n) is 10.4. The van der Waals surface area contributed by atoms with Gasteiger partial charge in [-0.15, -0.1) is 0 Å². The Bertz CT molecular complexity index is 514. The van der Waals surface area contributed by atoms with Gasteiger partial charge in [0.15, 0.2) is 9.84 Å². The Morgan fingerprint density at radius 3 is 2.56 bits per heavy atom. The molecule has 1 saturated heterocycles. The molecule has 0 spiro atoms. The van der Waals surface area contributed by atoms with Gasteiger partial charge in [-0.3, -0.25) is 4.90 Å². The predicted octanol–water partition coefficient (Wildman–Crippen LogP) is 0.508. The Kier molecular flexibility index (Phi) is 3.77. The van der Waals surface area contributed by atoms with Crippen LogP contribution in [0.25, 0.3) is 0 Å². The normalized spacial score (nSPS) is 19.6. The molecular formula is C12H18N2O3S. The van der Waals surface area contributed by atoms with Crippen LogP contribution in [0.3, 0.4) is 0 Å². The second kappa shape index (κ2) is 5.16. The van der Waals surface area contributed by atoms with Gasteiger partial charge in [-0.2, -0.15) is 0 Å². The molecule has 2 rings (SSSR count). The van der Waals surface area contributed by atoms with Crippen LogP contribution < -0.4 is 10.5 Å². The van der Waals surface area contributed by atoms with Crippen molar-refractivity contribution in [1.29, 1.82) is 0 Å².